The van der Waals surface area contributed by atoms with Crippen molar-refractivity contribution in [2.75, 3.05) is 0 Å². The summed E-state index contributed by atoms with van der Waals surface area (Å²) in [5.74, 6) is 0. The predicted molar refractivity (Wildman–Crippen MR) is 90.4 cm³/mol. The largest absolute Gasteiger partial charge is 0.445 e. The molecule has 1 saturated heterocycles. The molecule has 1 aliphatic heterocycles. The van der Waals surface area contributed by atoms with Gasteiger partial charge in [-0.15, -0.1) is 6.58 Å². The van der Waals surface area contributed by atoms with Gasteiger partial charge in [0.05, 0.1) is 15.9 Å². The van der Waals surface area contributed by atoms with Gasteiger partial charge in [-0.2, -0.15) is 4.31 Å². The molecule has 0 aliphatic carbocycles. The van der Waals surface area contributed by atoms with E-state index in [4.69, 9.17) is 4.74 Å². The highest BCUT2D eigenvalue weighted by Crippen LogP contribution is 2.34. The van der Waals surface area contributed by atoms with Gasteiger partial charge in [0, 0.05) is 18.6 Å². The molecule has 25 heavy (non-hydrogen) atoms. The first-order chi connectivity index (χ1) is 11.5. The van der Waals surface area contributed by atoms with Crippen LogP contribution in [0.15, 0.2) is 41.8 Å². The van der Waals surface area contributed by atoms with Gasteiger partial charge >= 0.3 is 6.09 Å². The van der Waals surface area contributed by atoms with E-state index in [-0.39, 0.29) is 22.4 Å². The number of sulfonamides is 1. The van der Waals surface area contributed by atoms with Gasteiger partial charge in [-0.1, -0.05) is 26.8 Å². The Morgan fingerprint density at radius 2 is 1.88 bits per heavy atom. The second-order valence-corrected chi connectivity index (χ2v) is 8.64. The zero-order valence-corrected chi connectivity index (χ0v) is 15.0. The lowest BCUT2D eigenvalue weighted by Gasteiger charge is -2.41. The summed E-state index contributed by atoms with van der Waals surface area (Å²) < 4.78 is 31.6. The minimum atomic E-state index is -4.22. The summed E-state index contributed by atoms with van der Waals surface area (Å²) in [6, 6.07) is 3.57. The number of hydrogen-bond donors (Lipinski definition) is 0. The quantitative estimate of drug-likeness (QED) is 0.459. The van der Waals surface area contributed by atoms with Gasteiger partial charge in [-0.3, -0.25) is 10.1 Å². The Labute approximate surface area is 146 Å². The third-order valence-electron chi connectivity index (χ3n) is 4.02. The van der Waals surface area contributed by atoms with Crippen molar-refractivity contribution in [2.45, 2.75) is 44.2 Å². The molecule has 8 nitrogen and oxygen atoms in total. The van der Waals surface area contributed by atoms with Crippen LogP contribution >= 0.6 is 0 Å². The topological polar surface area (TPSA) is 107 Å². The smallest absolute Gasteiger partial charge is 0.424 e. The molecule has 0 saturated carbocycles. The first-order valence-corrected chi connectivity index (χ1v) is 9.04. The van der Waals surface area contributed by atoms with E-state index < -0.39 is 33.2 Å². The van der Waals surface area contributed by atoms with Crippen molar-refractivity contribution < 1.29 is 22.9 Å². The van der Waals surface area contributed by atoms with E-state index in [1.807, 2.05) is 20.8 Å². The zero-order chi connectivity index (χ0) is 19.0. The molecular weight excluding hydrogens is 348 g/mol. The number of carbonyl (C=O) groups excluding carboxylic acids is 1. The summed E-state index contributed by atoms with van der Waals surface area (Å²) in [4.78, 5) is 22.2. The van der Waals surface area contributed by atoms with Gasteiger partial charge in [0.15, 0.2) is 0 Å². The minimum absolute atomic E-state index is 0.226. The second kappa shape index (κ2) is 6.47. The molecule has 1 fully saturated rings. The standard InChI is InChI=1S/C16H20N2O6S/c1-5-11-10-14(16(2,3)4)24-15(19)17(11)25(22,23)13-8-6-12(7-9-13)18(20)21/h5-9,11,14H,1,10H2,2-4H3/t11-,14-/m1/s1. The van der Waals surface area contributed by atoms with Gasteiger partial charge < -0.3 is 4.74 Å². The fraction of sp³-hybridized carbons (Fsp3) is 0.438. The highest BCUT2D eigenvalue weighted by molar-refractivity contribution is 7.89. The number of rotatable bonds is 4. The van der Waals surface area contributed by atoms with E-state index >= 15 is 0 Å². The van der Waals surface area contributed by atoms with Crippen molar-refractivity contribution in [3.05, 3.63) is 47.0 Å². The highest BCUT2D eigenvalue weighted by Gasteiger charge is 2.45. The third-order valence-corrected chi connectivity index (χ3v) is 5.83. The molecule has 1 aromatic carbocycles. The Balaban J connectivity index is 2.39. The number of cyclic esters (lactones) is 1. The molecule has 1 aromatic rings. The average molecular weight is 368 g/mol. The number of benzene rings is 1. The van der Waals surface area contributed by atoms with Gasteiger partial charge in [0.25, 0.3) is 15.7 Å². The molecular formula is C16H20N2O6S. The molecule has 0 spiro atoms. The number of nitrogens with zero attached hydrogens (tertiary/aromatic N) is 2. The number of ether oxygens (including phenoxy) is 1. The normalized spacial score (nSPS) is 21.6. The molecule has 2 atom stereocenters. The Morgan fingerprint density at radius 3 is 2.32 bits per heavy atom. The van der Waals surface area contributed by atoms with E-state index in [0.29, 0.717) is 4.31 Å². The SMILES string of the molecule is C=C[C@@H]1C[C@H](C(C)(C)C)OC(=O)N1S(=O)(=O)c1ccc([N+](=O)[O-])cc1. The van der Waals surface area contributed by atoms with Crippen LogP contribution < -0.4 is 0 Å². The Bertz CT molecular complexity index is 795. The van der Waals surface area contributed by atoms with Crippen LogP contribution in [0.1, 0.15) is 27.2 Å². The molecule has 2 rings (SSSR count). The van der Waals surface area contributed by atoms with Crippen molar-refractivity contribution in [3.8, 4) is 0 Å². The van der Waals surface area contributed by atoms with Gasteiger partial charge in [-0.05, 0) is 17.5 Å². The first kappa shape index (κ1) is 18.9. The summed E-state index contributed by atoms with van der Waals surface area (Å²) in [6.07, 6.45) is 0.244. The third kappa shape index (κ3) is 3.65. The molecule has 136 valence electrons. The van der Waals surface area contributed by atoms with E-state index in [2.05, 4.69) is 6.58 Å². The van der Waals surface area contributed by atoms with Gasteiger partial charge in [0.2, 0.25) is 0 Å². The van der Waals surface area contributed by atoms with Crippen LogP contribution in [-0.2, 0) is 14.8 Å². The van der Waals surface area contributed by atoms with Crippen LogP contribution in [0.3, 0.4) is 0 Å². The maximum absolute atomic E-state index is 12.8. The number of carbonyl (C=O) groups is 1. The van der Waals surface area contributed by atoms with Crippen molar-refractivity contribution in [3.63, 3.8) is 0 Å². The van der Waals surface area contributed by atoms with E-state index in [1.54, 1.807) is 0 Å². The van der Waals surface area contributed by atoms with Gasteiger partial charge in [-0.25, -0.2) is 13.2 Å². The molecule has 1 aliphatic rings. The molecule has 1 heterocycles. The molecule has 0 bridgehead atoms. The molecule has 0 N–H and O–H groups in total. The van der Waals surface area contributed by atoms with Crippen molar-refractivity contribution in [1.29, 1.82) is 0 Å². The van der Waals surface area contributed by atoms with Crippen LogP contribution in [0, 0.1) is 15.5 Å². The Hall–Kier alpha value is -2.42. The molecule has 0 unspecified atom stereocenters. The number of non-ortho nitro benzene ring substituents is 1. The summed E-state index contributed by atoms with van der Waals surface area (Å²) in [7, 11) is -4.22. The van der Waals surface area contributed by atoms with Crippen molar-refractivity contribution >= 4 is 21.8 Å². The predicted octanol–water partition coefficient (Wildman–Crippen LogP) is 3.10. The lowest BCUT2D eigenvalue weighted by Crippen LogP contribution is -2.53. The average Bonchev–Trinajstić information content (AvgIpc) is 2.52. The fourth-order valence-electron chi connectivity index (χ4n) is 2.52. The lowest BCUT2D eigenvalue weighted by molar-refractivity contribution is -0.384. The maximum atomic E-state index is 12.8. The zero-order valence-electron chi connectivity index (χ0n) is 14.2. The summed E-state index contributed by atoms with van der Waals surface area (Å²) >= 11 is 0. The van der Waals surface area contributed by atoms with E-state index in [0.717, 1.165) is 24.3 Å². The van der Waals surface area contributed by atoms with Crippen LogP contribution in [0.4, 0.5) is 10.5 Å². The molecule has 1 amide bonds. The number of nitro benzene ring substituents is 1. The fourth-order valence-corrected chi connectivity index (χ4v) is 4.00. The van der Waals surface area contributed by atoms with Crippen molar-refractivity contribution in [2.24, 2.45) is 5.41 Å². The first-order valence-electron chi connectivity index (χ1n) is 7.60. The van der Waals surface area contributed by atoms with Crippen LogP contribution in [0.2, 0.25) is 0 Å². The van der Waals surface area contributed by atoms with E-state index in [9.17, 15) is 23.3 Å². The van der Waals surface area contributed by atoms with Crippen LogP contribution in [0.5, 0.6) is 0 Å². The number of amides is 1. The molecule has 0 aromatic heterocycles. The second-order valence-electron chi connectivity index (χ2n) is 6.83. The Morgan fingerprint density at radius 1 is 1.32 bits per heavy atom. The highest BCUT2D eigenvalue weighted by atomic mass is 32.2. The molecule has 9 heteroatoms. The maximum Gasteiger partial charge on any atom is 0.424 e. The van der Waals surface area contributed by atoms with Gasteiger partial charge in [0.1, 0.15) is 6.10 Å². The van der Waals surface area contributed by atoms with Crippen LogP contribution in [0.25, 0.3) is 0 Å². The minimum Gasteiger partial charge on any atom is -0.445 e. The summed E-state index contributed by atoms with van der Waals surface area (Å²) in [5.41, 5.74) is -0.589. The summed E-state index contributed by atoms with van der Waals surface area (Å²) in [6.45, 7) is 9.31. The van der Waals surface area contributed by atoms with E-state index in [1.165, 1.54) is 6.08 Å². The number of hydrogen-bond acceptors (Lipinski definition) is 6. The lowest BCUT2D eigenvalue weighted by atomic mass is 9.84. The monoisotopic (exact) mass is 368 g/mol. The summed E-state index contributed by atoms with van der Waals surface area (Å²) in [5, 5.41) is 10.7. The molecule has 0 radical (unpaired) electrons. The Kier molecular flexibility index (Phi) is 4.90. The van der Waals surface area contributed by atoms with Crippen molar-refractivity contribution in [1.82, 2.24) is 4.31 Å². The van der Waals surface area contributed by atoms with Crippen LogP contribution in [-0.4, -0.2) is 35.9 Å². The number of nitro groups is 1.